The van der Waals surface area contributed by atoms with Crippen molar-refractivity contribution in [1.82, 2.24) is 9.80 Å². The average Bonchev–Trinajstić information content (AvgIpc) is 3.19. The van der Waals surface area contributed by atoms with Crippen molar-refractivity contribution in [2.24, 2.45) is 0 Å². The zero-order valence-electron chi connectivity index (χ0n) is 19.0. The molecule has 174 valence electrons. The molecular formula is C25H28N2O6. The van der Waals surface area contributed by atoms with Crippen molar-refractivity contribution < 1.29 is 28.5 Å². The van der Waals surface area contributed by atoms with Gasteiger partial charge >= 0.3 is 0 Å². The Balaban J connectivity index is 1.35. The van der Waals surface area contributed by atoms with E-state index in [1.54, 1.807) is 32.4 Å². The summed E-state index contributed by atoms with van der Waals surface area (Å²) in [4.78, 5) is 17.7. The van der Waals surface area contributed by atoms with E-state index in [9.17, 15) is 4.79 Å². The fourth-order valence-corrected chi connectivity index (χ4v) is 4.33. The molecule has 8 heteroatoms. The third-order valence-electron chi connectivity index (χ3n) is 6.25. The van der Waals surface area contributed by atoms with Crippen molar-refractivity contribution >= 4 is 11.9 Å². The summed E-state index contributed by atoms with van der Waals surface area (Å²) in [6, 6.07) is 9.10. The summed E-state index contributed by atoms with van der Waals surface area (Å²) < 4.78 is 28.3. The number of methoxy groups -OCH3 is 2. The maximum Gasteiger partial charge on any atom is 0.231 e. The molecule has 0 radical (unpaired) electrons. The number of ketones is 1. The van der Waals surface area contributed by atoms with E-state index in [-0.39, 0.29) is 11.5 Å². The molecule has 3 heterocycles. The number of fused-ring (bicyclic) bond motifs is 3. The van der Waals surface area contributed by atoms with Crippen LogP contribution in [-0.4, -0.2) is 75.9 Å². The molecule has 0 aliphatic carbocycles. The highest BCUT2D eigenvalue weighted by Crippen LogP contribution is 2.42. The third-order valence-corrected chi connectivity index (χ3v) is 6.25. The first-order valence-corrected chi connectivity index (χ1v) is 11.1. The second kappa shape index (κ2) is 9.43. The topological polar surface area (TPSA) is 69.7 Å². The highest BCUT2D eigenvalue weighted by Gasteiger charge is 2.34. The quantitative estimate of drug-likeness (QED) is 0.620. The molecule has 3 aliphatic heterocycles. The molecule has 2 aromatic carbocycles. The van der Waals surface area contributed by atoms with E-state index in [1.165, 1.54) is 0 Å². The monoisotopic (exact) mass is 452 g/mol. The number of carbonyl (C=O) groups is 1. The Hall–Kier alpha value is -3.07. The molecule has 0 amide bonds. The molecule has 0 N–H and O–H groups in total. The minimum Gasteiger partial charge on any atom is -0.497 e. The van der Waals surface area contributed by atoms with Crippen LogP contribution in [0.25, 0.3) is 6.08 Å². The molecule has 8 nitrogen and oxygen atoms in total. The number of carbonyl (C=O) groups excluding carboxylic acids is 1. The van der Waals surface area contributed by atoms with Crippen molar-refractivity contribution in [3.63, 3.8) is 0 Å². The number of hydrogen-bond acceptors (Lipinski definition) is 8. The van der Waals surface area contributed by atoms with Gasteiger partial charge in [0.1, 0.15) is 29.7 Å². The highest BCUT2D eigenvalue weighted by molar-refractivity contribution is 6.15. The van der Waals surface area contributed by atoms with Crippen molar-refractivity contribution in [2.45, 2.75) is 6.54 Å². The second-order valence-corrected chi connectivity index (χ2v) is 8.25. The molecule has 1 saturated heterocycles. The van der Waals surface area contributed by atoms with E-state index in [4.69, 9.17) is 23.7 Å². The van der Waals surface area contributed by atoms with Crippen LogP contribution in [0.5, 0.6) is 23.0 Å². The maximum atomic E-state index is 13.1. The molecule has 5 rings (SSSR count). The fraction of sp³-hybridized carbons (Fsp3) is 0.400. The van der Waals surface area contributed by atoms with Gasteiger partial charge in [-0.25, -0.2) is 0 Å². The number of nitrogens with zero attached hydrogens (tertiary/aromatic N) is 2. The van der Waals surface area contributed by atoms with Crippen LogP contribution in [0.15, 0.2) is 36.1 Å². The third kappa shape index (κ3) is 4.42. The van der Waals surface area contributed by atoms with Crippen molar-refractivity contribution in [1.29, 1.82) is 0 Å². The zero-order chi connectivity index (χ0) is 22.8. The molecule has 3 aliphatic rings. The Labute approximate surface area is 193 Å². The van der Waals surface area contributed by atoms with Gasteiger partial charge in [-0.2, -0.15) is 0 Å². The smallest absolute Gasteiger partial charge is 0.231 e. The number of rotatable bonds is 6. The number of benzene rings is 2. The van der Waals surface area contributed by atoms with E-state index in [0.717, 1.165) is 56.3 Å². The van der Waals surface area contributed by atoms with Gasteiger partial charge in [-0.1, -0.05) is 0 Å². The van der Waals surface area contributed by atoms with Gasteiger partial charge in [0.05, 0.1) is 38.6 Å². The minimum atomic E-state index is -0.142. The summed E-state index contributed by atoms with van der Waals surface area (Å²) in [5.74, 6) is 2.77. The predicted octanol–water partition coefficient (Wildman–Crippen LogP) is 2.80. The Bertz CT molecular complexity index is 1080. The minimum absolute atomic E-state index is 0.142. The number of hydrogen-bond donors (Lipinski definition) is 0. The summed E-state index contributed by atoms with van der Waals surface area (Å²) in [5.41, 5.74) is 2.22. The van der Waals surface area contributed by atoms with E-state index < -0.39 is 0 Å². The number of Topliss-reactive ketones (excluding diaryl/α,β-unsaturated/α-hetero) is 1. The standard InChI is InChI=1S/C25H28N2O6/c1-29-18-4-3-17(22(14-18)30-2)13-23-24(28)19-5-6-21-20(25(19)33-23)15-27(16-32-21)8-7-26-9-11-31-12-10-26/h3-6,13-14H,7-12,15-16H2,1-2H3/b23-13-. The van der Waals surface area contributed by atoms with Crippen LogP contribution >= 0.6 is 0 Å². The molecule has 0 bridgehead atoms. The van der Waals surface area contributed by atoms with Gasteiger partial charge in [0.2, 0.25) is 5.78 Å². The van der Waals surface area contributed by atoms with E-state index in [0.29, 0.717) is 36.1 Å². The normalized spacial score (nSPS) is 19.6. The van der Waals surface area contributed by atoms with Gasteiger partial charge in [-0.05, 0) is 30.3 Å². The molecule has 33 heavy (non-hydrogen) atoms. The van der Waals surface area contributed by atoms with E-state index in [1.807, 2.05) is 18.2 Å². The van der Waals surface area contributed by atoms with E-state index >= 15 is 0 Å². The van der Waals surface area contributed by atoms with Gasteiger partial charge in [-0.15, -0.1) is 0 Å². The van der Waals surface area contributed by atoms with Crippen molar-refractivity contribution in [2.75, 3.05) is 60.3 Å². The van der Waals surface area contributed by atoms with Crippen molar-refractivity contribution in [3.05, 3.63) is 52.8 Å². The average molecular weight is 453 g/mol. The summed E-state index contributed by atoms with van der Waals surface area (Å²) in [6.45, 7) is 6.53. The Morgan fingerprint density at radius 2 is 1.85 bits per heavy atom. The van der Waals surface area contributed by atoms with E-state index in [2.05, 4.69) is 9.80 Å². The van der Waals surface area contributed by atoms with Crippen LogP contribution in [0.3, 0.4) is 0 Å². The Morgan fingerprint density at radius 1 is 1.03 bits per heavy atom. The first kappa shape index (κ1) is 21.8. The molecule has 1 fully saturated rings. The number of allylic oxidation sites excluding steroid dienone is 1. The lowest BCUT2D eigenvalue weighted by molar-refractivity contribution is 0.0239. The molecule has 0 unspecified atom stereocenters. The molecular weight excluding hydrogens is 424 g/mol. The van der Waals surface area contributed by atoms with Crippen LogP contribution in [0.1, 0.15) is 21.5 Å². The van der Waals surface area contributed by atoms with Gasteiger partial charge in [0.25, 0.3) is 0 Å². The van der Waals surface area contributed by atoms with Gasteiger partial charge < -0.3 is 23.7 Å². The summed E-state index contributed by atoms with van der Waals surface area (Å²) in [6.07, 6.45) is 1.72. The molecule has 2 aromatic rings. The number of ether oxygens (including phenoxy) is 5. The molecule has 0 atom stereocenters. The highest BCUT2D eigenvalue weighted by atomic mass is 16.5. The Morgan fingerprint density at radius 3 is 2.64 bits per heavy atom. The Kier molecular flexibility index (Phi) is 6.22. The van der Waals surface area contributed by atoms with Gasteiger partial charge in [0.15, 0.2) is 5.76 Å². The van der Waals surface area contributed by atoms with Crippen LogP contribution in [0, 0.1) is 0 Å². The van der Waals surface area contributed by atoms with Crippen molar-refractivity contribution in [3.8, 4) is 23.0 Å². The molecule has 0 aromatic heterocycles. The van der Waals surface area contributed by atoms with Gasteiger partial charge in [-0.3, -0.25) is 14.6 Å². The first-order chi connectivity index (χ1) is 16.2. The zero-order valence-corrected chi connectivity index (χ0v) is 19.0. The summed E-state index contributed by atoms with van der Waals surface area (Å²) >= 11 is 0. The lowest BCUT2D eigenvalue weighted by atomic mass is 10.0. The van der Waals surface area contributed by atoms with Crippen LogP contribution in [0.4, 0.5) is 0 Å². The van der Waals surface area contributed by atoms with Gasteiger partial charge in [0, 0.05) is 44.4 Å². The lowest BCUT2D eigenvalue weighted by Crippen LogP contribution is -2.43. The summed E-state index contributed by atoms with van der Waals surface area (Å²) in [5, 5.41) is 0. The predicted molar refractivity (Wildman–Crippen MR) is 122 cm³/mol. The first-order valence-electron chi connectivity index (χ1n) is 11.1. The lowest BCUT2D eigenvalue weighted by Gasteiger charge is -2.33. The SMILES string of the molecule is COc1ccc(/C=C2\Oc3c(ccc4c3CN(CCN3CCOCC3)CO4)C2=O)c(OC)c1. The molecule has 0 spiro atoms. The second-order valence-electron chi connectivity index (χ2n) is 8.25. The van der Waals surface area contributed by atoms with Crippen LogP contribution < -0.4 is 18.9 Å². The molecule has 0 saturated carbocycles. The maximum absolute atomic E-state index is 13.1. The summed E-state index contributed by atoms with van der Waals surface area (Å²) in [7, 11) is 3.19. The van der Waals surface area contributed by atoms with Crippen LogP contribution in [-0.2, 0) is 11.3 Å². The largest absolute Gasteiger partial charge is 0.497 e. The fourth-order valence-electron chi connectivity index (χ4n) is 4.33. The number of morpholine rings is 1. The van der Waals surface area contributed by atoms with Crippen LogP contribution in [0.2, 0.25) is 0 Å².